The molecule has 77 heavy (non-hydrogen) atoms. The van der Waals surface area contributed by atoms with Gasteiger partial charge in [-0.25, -0.2) is 9.97 Å². The summed E-state index contributed by atoms with van der Waals surface area (Å²) >= 11 is 2.24. The highest BCUT2D eigenvalue weighted by Crippen LogP contribution is 2.38. The number of aromatic nitrogens is 2. The highest BCUT2D eigenvalue weighted by atomic mass is 32.1. The van der Waals surface area contributed by atoms with Gasteiger partial charge < -0.3 is 4.42 Å². The van der Waals surface area contributed by atoms with Crippen molar-refractivity contribution in [3.63, 3.8) is 0 Å². The van der Waals surface area contributed by atoms with E-state index in [-0.39, 0.29) is 209 Å². The van der Waals surface area contributed by atoms with E-state index in [4.69, 9.17) is 208 Å². The van der Waals surface area contributed by atoms with Crippen LogP contribution in [0.4, 0.5) is 0 Å². The Bertz CT molecular complexity index is 4660. The highest BCUT2D eigenvalue weighted by Gasteiger charge is 2.30. The summed E-state index contributed by atoms with van der Waals surface area (Å²) in [4.78, 5) is 9.13. The largest absolute Gasteiger partial charge is 0.453 e. The van der Waals surface area contributed by atoms with Crippen molar-refractivity contribution in [3.05, 3.63) is 0 Å². The van der Waals surface area contributed by atoms with E-state index in [2.05, 4.69) is 9.97 Å². The molecule has 52 radical (unpaired) electrons. The molecule has 7 aromatic carbocycles. The van der Waals surface area contributed by atoms with Crippen molar-refractivity contribution < 1.29 is 4.42 Å². The molecule has 0 bridgehead atoms. The fraction of sp³-hybridized carbons (Fsp3) is 0. The third-order valence-electron chi connectivity index (χ3n) is 14.5. The van der Waals surface area contributed by atoms with Gasteiger partial charge in [-0.2, -0.15) is 0 Å². The van der Waals surface area contributed by atoms with E-state index < -0.39 is 0 Å². The Morgan fingerprint density at radius 1 is 0.221 bits per heavy atom. The van der Waals surface area contributed by atoms with Gasteiger partial charge in [0.25, 0.3) is 0 Å². The second-order valence-corrected chi connectivity index (χ2v) is 20.4. The third-order valence-corrected chi connectivity index (χ3v) is 17.0. The molecule has 31 heteroatoms. The number of hydrogen-bond donors (Lipinski definition) is 0. The SMILES string of the molecule is [B]c1nc(-c2c([B])c([B])c([B])c(-c3c([B])c([B])c([B])c4c3sc3c([B])c([B])c([B])c([B])c34)c2[B])c2oc3c([B])c([B])c(-c4c([B])c([B])c([B])c(-c5c([B])c([B])c([B])c6c5sc5c([B])c([B])c([B])c([B])c56)c4[B])c([B])c3c2n1. The maximum atomic E-state index is 7.20. The summed E-state index contributed by atoms with van der Waals surface area (Å²) in [6.07, 6.45) is 0. The first-order valence-electron chi connectivity index (χ1n) is 22.4. The molecule has 4 aromatic heterocycles. The van der Waals surface area contributed by atoms with Crippen molar-refractivity contribution >= 4 is 431 Å². The Morgan fingerprint density at radius 2 is 0.519 bits per heavy atom. The van der Waals surface area contributed by atoms with Gasteiger partial charge in [0.05, 0.1) is 5.72 Å². The quantitative estimate of drug-likeness (QED) is 0.165. The third kappa shape index (κ3) is 7.18. The number of hydrogen-bond acceptors (Lipinski definition) is 5. The predicted octanol–water partition coefficient (Wildman–Crippen LogP) is -17.6. The molecule has 0 N–H and O–H groups in total. The van der Waals surface area contributed by atoms with E-state index >= 15 is 0 Å². The Balaban J connectivity index is 1.20. The monoisotopic (exact) mass is 946 g/mol. The molecule has 0 aliphatic heterocycles. The first-order chi connectivity index (χ1) is 36.1. The zero-order valence-electron chi connectivity index (χ0n) is 40.1. The van der Waals surface area contributed by atoms with Crippen LogP contribution in [0.15, 0.2) is 4.42 Å². The fourth-order valence-electron chi connectivity index (χ4n) is 10.4. The van der Waals surface area contributed by atoms with Crippen LogP contribution in [-0.4, -0.2) is 214 Å². The van der Waals surface area contributed by atoms with E-state index in [0.29, 0.717) is 40.3 Å². The molecule has 3 nitrogen and oxygen atoms in total. The van der Waals surface area contributed by atoms with E-state index in [0.717, 1.165) is 22.7 Å². The first-order valence-corrected chi connectivity index (χ1v) is 24.0. The average molecular weight is 942 g/mol. The van der Waals surface area contributed by atoms with Crippen molar-refractivity contribution in [2.75, 3.05) is 0 Å². The van der Waals surface area contributed by atoms with E-state index in [1.54, 1.807) is 0 Å². The lowest BCUT2D eigenvalue weighted by atomic mass is 9.58. The minimum atomic E-state index is -0.335. The zero-order chi connectivity index (χ0) is 56.1. The van der Waals surface area contributed by atoms with E-state index in [9.17, 15) is 0 Å². The molecule has 11 rings (SSSR count). The van der Waals surface area contributed by atoms with Crippen LogP contribution in [0.3, 0.4) is 0 Å². The van der Waals surface area contributed by atoms with Crippen LogP contribution in [0.5, 0.6) is 0 Å². The van der Waals surface area contributed by atoms with Crippen LogP contribution >= 0.6 is 22.7 Å². The molecule has 290 valence electrons. The Kier molecular flexibility index (Phi) is 13.1. The Hall–Kier alpha value is -4.45. The van der Waals surface area contributed by atoms with Gasteiger partial charge in [-0.15, -0.1) is 66.4 Å². The summed E-state index contributed by atoms with van der Waals surface area (Å²) < 4.78 is 8.13. The van der Waals surface area contributed by atoms with Gasteiger partial charge in [0.1, 0.15) is 213 Å². The molecular formula is C46B26N2OS2. The molecule has 0 fully saturated rings. The molecule has 11 aromatic rings. The standard InChI is InChI=1S/C46B26N2OS2/c47-13-1(16(50)27(61)17(51)3(13)5-20(54)29(63)22(56)7-9-24(58)31(65)33(67)36(70)44(9)76-42(5)7)2-15(49)12-39-41(75-40(12)35(69)19(2)53)38(73-46(72)74-39)11-14(48)4(18(52)28(62)26(11)60)6-21(55)30(64)23(57)8-10-25(59)32(66)34(68)37(71)45(10)77-43(6)8. The van der Waals surface area contributed by atoms with Crippen molar-refractivity contribution in [1.82, 2.24) is 9.97 Å². The first kappa shape index (κ1) is 54.5. The molecule has 0 aliphatic carbocycles. The lowest BCUT2D eigenvalue weighted by Crippen LogP contribution is -2.50. The van der Waals surface area contributed by atoms with Crippen LogP contribution in [0, 0.1) is 0 Å². The van der Waals surface area contributed by atoms with Crippen molar-refractivity contribution in [1.29, 1.82) is 0 Å². The summed E-state index contributed by atoms with van der Waals surface area (Å²) in [5.74, 6) is 0. The fourth-order valence-corrected chi connectivity index (χ4v) is 13.1. The summed E-state index contributed by atoms with van der Waals surface area (Å²) in [6, 6.07) is 0. The summed E-state index contributed by atoms with van der Waals surface area (Å²) in [6.45, 7) is 0. The second kappa shape index (κ2) is 18.6. The summed E-state index contributed by atoms with van der Waals surface area (Å²) in [7, 11) is 174. The van der Waals surface area contributed by atoms with Gasteiger partial charge in [-0.1, -0.05) is 92.9 Å². The van der Waals surface area contributed by atoms with Crippen molar-refractivity contribution in [2.45, 2.75) is 0 Å². The number of fused-ring (bicyclic) bond motifs is 9. The zero-order valence-corrected chi connectivity index (χ0v) is 41.8. The van der Waals surface area contributed by atoms with Crippen LogP contribution in [0.25, 0.3) is 107 Å². The molecular weight excluding hydrogens is 942 g/mol. The van der Waals surface area contributed by atoms with Crippen LogP contribution in [0.2, 0.25) is 0 Å². The Morgan fingerprint density at radius 3 is 0.948 bits per heavy atom. The minimum absolute atomic E-state index is 0.0231. The molecule has 4 heterocycles. The normalized spacial score (nSPS) is 11.9. The highest BCUT2D eigenvalue weighted by molar-refractivity contribution is 7.29. The van der Waals surface area contributed by atoms with Crippen molar-refractivity contribution in [2.24, 2.45) is 0 Å². The molecule has 0 saturated heterocycles. The number of thiophene rings is 2. The van der Waals surface area contributed by atoms with E-state index in [1.165, 1.54) is 0 Å². The molecule has 0 saturated carbocycles. The van der Waals surface area contributed by atoms with Crippen molar-refractivity contribution in [3.8, 4) is 44.6 Å². The van der Waals surface area contributed by atoms with Crippen LogP contribution in [0.1, 0.15) is 0 Å². The average Bonchev–Trinajstić information content (AvgIpc) is 4.35. The van der Waals surface area contributed by atoms with Gasteiger partial charge in [0.2, 0.25) is 0 Å². The summed E-state index contributed by atoms with van der Waals surface area (Å²) in [5.41, 5.74) is -1.43. The number of furan rings is 1. The van der Waals surface area contributed by atoms with Gasteiger partial charge in [-0.3, -0.25) is 0 Å². The number of nitrogens with zero attached hydrogens (tertiary/aromatic N) is 2. The molecule has 0 aliphatic rings. The lowest BCUT2D eigenvalue weighted by molar-refractivity contribution is 0.670. The van der Waals surface area contributed by atoms with Crippen LogP contribution < -0.4 is 142 Å². The van der Waals surface area contributed by atoms with Gasteiger partial charge in [0, 0.05) is 24.2 Å². The Labute approximate surface area is 486 Å². The maximum absolute atomic E-state index is 7.20. The second-order valence-electron chi connectivity index (χ2n) is 18.4. The number of benzene rings is 7. The van der Waals surface area contributed by atoms with Gasteiger partial charge >= 0.3 is 0 Å². The molecule has 0 amide bonds. The topological polar surface area (TPSA) is 38.9 Å². The minimum Gasteiger partial charge on any atom is -0.453 e. The molecule has 0 spiro atoms. The predicted molar refractivity (Wildman–Crippen MR) is 357 cm³/mol. The lowest BCUT2D eigenvalue weighted by Gasteiger charge is -2.28. The van der Waals surface area contributed by atoms with Crippen LogP contribution in [-0.2, 0) is 0 Å². The maximum Gasteiger partial charge on any atom is 0.179 e. The van der Waals surface area contributed by atoms with Gasteiger partial charge in [-0.05, 0) is 60.5 Å². The van der Waals surface area contributed by atoms with E-state index in [1.807, 2.05) is 0 Å². The molecule has 0 unspecified atom stereocenters. The number of rotatable bonds is 4. The van der Waals surface area contributed by atoms with Gasteiger partial charge in [0.15, 0.2) is 13.4 Å². The summed E-state index contributed by atoms with van der Waals surface area (Å²) in [5, 5.41) is 1.44. The molecule has 0 atom stereocenters. The smallest absolute Gasteiger partial charge is 0.179 e.